The first-order chi connectivity index (χ1) is 12.5. The van der Waals surface area contributed by atoms with Crippen LogP contribution in [0.25, 0.3) is 21.9 Å². The Morgan fingerprint density at radius 3 is 2.92 bits per heavy atom. The molecule has 2 aromatic carbocycles. The normalized spacial score (nSPS) is 11.3. The third-order valence-electron chi connectivity index (χ3n) is 4.25. The van der Waals surface area contributed by atoms with Crippen molar-refractivity contribution in [1.29, 1.82) is 0 Å². The van der Waals surface area contributed by atoms with Gasteiger partial charge in [0.25, 0.3) is 0 Å². The molecule has 0 atom stereocenters. The van der Waals surface area contributed by atoms with Crippen LogP contribution in [-0.2, 0) is 24.9 Å². The van der Waals surface area contributed by atoms with E-state index in [9.17, 15) is 4.79 Å². The number of nitrogens with zero attached hydrogens (tertiary/aromatic N) is 2. The minimum absolute atomic E-state index is 0.0830. The van der Waals surface area contributed by atoms with E-state index in [-0.39, 0.29) is 13.0 Å². The third-order valence-corrected chi connectivity index (χ3v) is 4.84. The van der Waals surface area contributed by atoms with Crippen LogP contribution < -0.4 is 4.74 Å². The summed E-state index contributed by atoms with van der Waals surface area (Å²) in [7, 11) is 1.88. The van der Waals surface area contributed by atoms with Gasteiger partial charge in [-0.15, -0.1) is 0 Å². The first-order valence-electron chi connectivity index (χ1n) is 7.98. The number of para-hydroxylation sites is 1. The summed E-state index contributed by atoms with van der Waals surface area (Å²) in [5.74, 6) is -0.340. The molecule has 6 nitrogen and oxygen atoms in total. The molecule has 4 rings (SSSR count). The van der Waals surface area contributed by atoms with Gasteiger partial charge in [0.1, 0.15) is 23.6 Å². The largest absolute Gasteiger partial charge is 0.487 e. The number of rotatable bonds is 5. The van der Waals surface area contributed by atoms with E-state index in [1.807, 2.05) is 29.9 Å². The maximum atomic E-state index is 11.0. The molecule has 2 aromatic heterocycles. The first-order valence-corrected chi connectivity index (χ1v) is 8.77. The molecule has 0 aliphatic rings. The highest BCUT2D eigenvalue weighted by Gasteiger charge is 2.17. The van der Waals surface area contributed by atoms with Gasteiger partial charge in [-0.3, -0.25) is 9.48 Å². The molecule has 2 heterocycles. The molecule has 0 saturated heterocycles. The summed E-state index contributed by atoms with van der Waals surface area (Å²) in [5.41, 5.74) is 3.16. The molecule has 0 bridgehead atoms. The molecule has 0 amide bonds. The molecule has 0 aliphatic heterocycles. The molecule has 0 saturated carbocycles. The van der Waals surface area contributed by atoms with Gasteiger partial charge in [0.05, 0.1) is 22.7 Å². The summed E-state index contributed by atoms with van der Waals surface area (Å²) in [5, 5.41) is 15.6. The molecule has 0 unspecified atom stereocenters. The molecule has 4 aromatic rings. The second-order valence-electron chi connectivity index (χ2n) is 5.96. The zero-order valence-electron chi connectivity index (χ0n) is 13.9. The number of fused-ring (bicyclic) bond motifs is 3. The van der Waals surface area contributed by atoms with Crippen LogP contribution in [0.4, 0.5) is 0 Å². The van der Waals surface area contributed by atoms with Gasteiger partial charge in [-0.05, 0) is 34.1 Å². The fourth-order valence-electron chi connectivity index (χ4n) is 3.15. The van der Waals surface area contributed by atoms with Crippen molar-refractivity contribution in [3.63, 3.8) is 0 Å². The number of furan rings is 1. The Bertz CT molecular complexity index is 1130. The average Bonchev–Trinajstić information content (AvgIpc) is 3.19. The lowest BCUT2D eigenvalue weighted by atomic mass is 10.1. The van der Waals surface area contributed by atoms with E-state index in [1.165, 1.54) is 0 Å². The van der Waals surface area contributed by atoms with Crippen molar-refractivity contribution in [2.24, 2.45) is 7.05 Å². The molecule has 0 spiro atoms. The second kappa shape index (κ2) is 6.49. The van der Waals surface area contributed by atoms with E-state index >= 15 is 0 Å². The van der Waals surface area contributed by atoms with Crippen LogP contribution >= 0.6 is 15.9 Å². The summed E-state index contributed by atoms with van der Waals surface area (Å²) in [6.07, 6.45) is 1.57. The van der Waals surface area contributed by atoms with Crippen LogP contribution in [0.1, 0.15) is 11.3 Å². The number of ether oxygens (including phenoxy) is 1. The third kappa shape index (κ3) is 2.84. The smallest absolute Gasteiger partial charge is 0.307 e. The van der Waals surface area contributed by atoms with E-state index in [0.29, 0.717) is 11.3 Å². The van der Waals surface area contributed by atoms with Gasteiger partial charge in [0, 0.05) is 23.4 Å². The lowest BCUT2D eigenvalue weighted by molar-refractivity contribution is -0.136. The number of carbonyl (C=O) groups is 1. The molecule has 0 radical (unpaired) electrons. The Balaban J connectivity index is 1.71. The maximum Gasteiger partial charge on any atom is 0.307 e. The number of hydrogen-bond donors (Lipinski definition) is 1. The molecular weight excluding hydrogens is 400 g/mol. The van der Waals surface area contributed by atoms with Crippen LogP contribution in [0, 0.1) is 0 Å². The number of carboxylic acids is 1. The predicted octanol–water partition coefficient (Wildman–Crippen LogP) is 4.29. The SMILES string of the molecule is Cn1nc(COc2ccccc2CC(=O)O)c2cc(Br)c3occc3c21. The molecule has 26 heavy (non-hydrogen) atoms. The van der Waals surface area contributed by atoms with Crippen LogP contribution in [0.3, 0.4) is 0 Å². The van der Waals surface area contributed by atoms with Gasteiger partial charge >= 0.3 is 5.97 Å². The van der Waals surface area contributed by atoms with Gasteiger partial charge in [-0.2, -0.15) is 5.10 Å². The number of halogens is 1. The van der Waals surface area contributed by atoms with Crippen molar-refractivity contribution < 1.29 is 19.1 Å². The molecule has 7 heteroatoms. The predicted molar refractivity (Wildman–Crippen MR) is 100 cm³/mol. The zero-order chi connectivity index (χ0) is 18.3. The molecule has 0 aliphatic carbocycles. The van der Waals surface area contributed by atoms with E-state index < -0.39 is 5.97 Å². The van der Waals surface area contributed by atoms with Gasteiger partial charge in [0.15, 0.2) is 0 Å². The zero-order valence-corrected chi connectivity index (χ0v) is 15.5. The first kappa shape index (κ1) is 16.7. The number of aliphatic carboxylic acids is 1. The van der Waals surface area contributed by atoms with Gasteiger partial charge in [0.2, 0.25) is 0 Å². The van der Waals surface area contributed by atoms with Crippen LogP contribution in [0.5, 0.6) is 5.75 Å². The highest BCUT2D eigenvalue weighted by atomic mass is 79.9. The minimum atomic E-state index is -0.893. The highest BCUT2D eigenvalue weighted by Crippen LogP contribution is 2.34. The van der Waals surface area contributed by atoms with Gasteiger partial charge in [-0.1, -0.05) is 18.2 Å². The summed E-state index contributed by atoms with van der Waals surface area (Å²) in [4.78, 5) is 11.0. The van der Waals surface area contributed by atoms with E-state index in [2.05, 4.69) is 21.0 Å². The Morgan fingerprint density at radius 2 is 2.12 bits per heavy atom. The van der Waals surface area contributed by atoms with Crippen molar-refractivity contribution in [2.75, 3.05) is 0 Å². The van der Waals surface area contributed by atoms with E-state index in [4.69, 9.17) is 14.3 Å². The Morgan fingerprint density at radius 1 is 1.31 bits per heavy atom. The Labute approximate surface area is 157 Å². The topological polar surface area (TPSA) is 77.5 Å². The fraction of sp³-hybridized carbons (Fsp3) is 0.158. The van der Waals surface area contributed by atoms with Crippen LogP contribution in [0.2, 0.25) is 0 Å². The summed E-state index contributed by atoms with van der Waals surface area (Å²) in [6, 6.07) is 11.0. The van der Waals surface area contributed by atoms with E-state index in [1.54, 1.807) is 24.5 Å². The van der Waals surface area contributed by atoms with E-state index in [0.717, 1.165) is 32.0 Å². The standard InChI is InChI=1S/C19H15BrN2O4/c1-22-18-12-6-7-25-19(12)14(20)9-13(18)15(21-22)10-26-16-5-3-2-4-11(16)8-17(23)24/h2-7,9H,8,10H2,1H3,(H,23,24). The molecule has 0 fully saturated rings. The lowest BCUT2D eigenvalue weighted by Gasteiger charge is -2.09. The van der Waals surface area contributed by atoms with Crippen LogP contribution in [0.15, 0.2) is 51.6 Å². The van der Waals surface area contributed by atoms with Crippen molar-refractivity contribution in [3.05, 3.63) is 58.4 Å². The molecule has 1 N–H and O–H groups in total. The summed E-state index contributed by atoms with van der Waals surface area (Å²) < 4.78 is 14.1. The second-order valence-corrected chi connectivity index (χ2v) is 6.81. The van der Waals surface area contributed by atoms with Crippen LogP contribution in [-0.4, -0.2) is 20.9 Å². The average molecular weight is 415 g/mol. The fourth-order valence-corrected chi connectivity index (χ4v) is 3.68. The van der Waals surface area contributed by atoms with Gasteiger partial charge < -0.3 is 14.3 Å². The van der Waals surface area contributed by atoms with Gasteiger partial charge in [-0.25, -0.2) is 0 Å². The Kier molecular flexibility index (Phi) is 4.16. The number of aryl methyl sites for hydroxylation is 1. The number of hydrogen-bond acceptors (Lipinski definition) is 4. The van der Waals surface area contributed by atoms with Crippen molar-refractivity contribution in [3.8, 4) is 5.75 Å². The highest BCUT2D eigenvalue weighted by molar-refractivity contribution is 9.10. The number of aromatic nitrogens is 2. The molecular formula is C19H15BrN2O4. The maximum absolute atomic E-state index is 11.0. The van der Waals surface area contributed by atoms with Crippen molar-refractivity contribution in [2.45, 2.75) is 13.0 Å². The minimum Gasteiger partial charge on any atom is -0.487 e. The number of benzene rings is 2. The summed E-state index contributed by atoms with van der Waals surface area (Å²) >= 11 is 3.54. The Hall–Kier alpha value is -2.80. The van der Waals surface area contributed by atoms with Crippen molar-refractivity contribution in [1.82, 2.24) is 9.78 Å². The molecule has 132 valence electrons. The monoisotopic (exact) mass is 414 g/mol. The lowest BCUT2D eigenvalue weighted by Crippen LogP contribution is -2.04. The van der Waals surface area contributed by atoms with Crippen molar-refractivity contribution >= 4 is 43.8 Å². The number of carboxylic acid groups (broad SMARTS) is 1. The summed E-state index contributed by atoms with van der Waals surface area (Å²) in [6.45, 7) is 0.240. The quantitative estimate of drug-likeness (QED) is 0.526.